The summed E-state index contributed by atoms with van der Waals surface area (Å²) in [4.78, 5) is 14.3. The highest BCUT2D eigenvalue weighted by Crippen LogP contribution is 2.22. The summed E-state index contributed by atoms with van der Waals surface area (Å²) in [5.41, 5.74) is 0. The maximum absolute atomic E-state index is 12.3. The molecule has 2 saturated heterocycles. The largest absolute Gasteiger partial charge is 0.339 e. The molecule has 0 aliphatic carbocycles. The van der Waals surface area contributed by atoms with Crippen molar-refractivity contribution in [2.75, 3.05) is 25.4 Å². The van der Waals surface area contributed by atoms with Gasteiger partial charge in [-0.1, -0.05) is 13.3 Å². The average Bonchev–Trinajstić information content (AvgIpc) is 2.39. The highest BCUT2D eigenvalue weighted by Gasteiger charge is 2.29. The van der Waals surface area contributed by atoms with Crippen LogP contribution in [-0.4, -0.2) is 47.5 Å². The van der Waals surface area contributed by atoms with Crippen LogP contribution in [0.4, 0.5) is 0 Å². The Labute approximate surface area is 114 Å². The highest BCUT2D eigenvalue weighted by atomic mass is 35.5. The second kappa shape index (κ2) is 7.49. The number of carbonyl (C=O) groups excluding carboxylic acids is 1. The van der Waals surface area contributed by atoms with Crippen molar-refractivity contribution in [3.05, 3.63) is 0 Å². The first-order chi connectivity index (χ1) is 7.81. The molecule has 2 heterocycles. The Morgan fingerprint density at radius 3 is 2.94 bits per heavy atom. The predicted molar refractivity (Wildman–Crippen MR) is 76.0 cm³/mol. The first-order valence-corrected chi connectivity index (χ1v) is 7.50. The number of hydrogen-bond acceptors (Lipinski definition) is 3. The molecule has 1 N–H and O–H groups in total. The molecular formula is C12H23ClN2OS. The first-order valence-electron chi connectivity index (χ1n) is 6.45. The monoisotopic (exact) mass is 278 g/mol. The predicted octanol–water partition coefficient (Wildman–Crippen LogP) is 1.90. The summed E-state index contributed by atoms with van der Waals surface area (Å²) >= 11 is 2.02. The van der Waals surface area contributed by atoms with E-state index in [0.717, 1.165) is 31.8 Å². The zero-order chi connectivity index (χ0) is 11.4. The number of hydrogen-bond donors (Lipinski definition) is 1. The molecule has 2 aliphatic rings. The maximum Gasteiger partial charge on any atom is 0.239 e. The van der Waals surface area contributed by atoms with Gasteiger partial charge in [-0.2, -0.15) is 11.8 Å². The molecule has 2 rings (SSSR count). The second-order valence-electron chi connectivity index (χ2n) is 4.69. The zero-order valence-corrected chi connectivity index (χ0v) is 12.1. The highest BCUT2D eigenvalue weighted by molar-refractivity contribution is 8.00. The molecule has 100 valence electrons. The molecule has 1 amide bonds. The van der Waals surface area contributed by atoms with Crippen molar-refractivity contribution in [3.63, 3.8) is 0 Å². The Morgan fingerprint density at radius 1 is 1.47 bits per heavy atom. The van der Waals surface area contributed by atoms with E-state index in [1.807, 2.05) is 11.8 Å². The van der Waals surface area contributed by atoms with E-state index in [1.54, 1.807) is 0 Å². The number of carbonyl (C=O) groups is 1. The van der Waals surface area contributed by atoms with Crippen LogP contribution < -0.4 is 5.32 Å². The van der Waals surface area contributed by atoms with Crippen molar-refractivity contribution < 1.29 is 4.79 Å². The molecule has 0 bridgehead atoms. The molecule has 0 aromatic carbocycles. The number of nitrogens with one attached hydrogen (secondary N) is 1. The molecular weight excluding hydrogens is 256 g/mol. The van der Waals surface area contributed by atoms with Gasteiger partial charge in [-0.05, 0) is 25.8 Å². The van der Waals surface area contributed by atoms with E-state index in [2.05, 4.69) is 17.1 Å². The Balaban J connectivity index is 0.00000144. The molecule has 2 atom stereocenters. The molecule has 0 spiro atoms. The summed E-state index contributed by atoms with van der Waals surface area (Å²) in [6, 6.07) is 0.106. The fraction of sp³-hybridized carbons (Fsp3) is 0.917. The van der Waals surface area contributed by atoms with Crippen LogP contribution in [0, 0.1) is 0 Å². The second-order valence-corrected chi connectivity index (χ2v) is 6.10. The maximum atomic E-state index is 12.3. The van der Waals surface area contributed by atoms with E-state index < -0.39 is 0 Å². The van der Waals surface area contributed by atoms with Crippen molar-refractivity contribution in [1.82, 2.24) is 10.2 Å². The van der Waals surface area contributed by atoms with Crippen molar-refractivity contribution >= 4 is 30.1 Å². The van der Waals surface area contributed by atoms with Gasteiger partial charge < -0.3 is 10.2 Å². The van der Waals surface area contributed by atoms with Crippen LogP contribution in [0.2, 0.25) is 0 Å². The minimum atomic E-state index is 0. The number of amides is 1. The quantitative estimate of drug-likeness (QED) is 0.837. The zero-order valence-electron chi connectivity index (χ0n) is 10.5. The van der Waals surface area contributed by atoms with Crippen LogP contribution in [0.25, 0.3) is 0 Å². The van der Waals surface area contributed by atoms with E-state index in [0.29, 0.717) is 11.2 Å². The fourth-order valence-corrected chi connectivity index (χ4v) is 3.63. The summed E-state index contributed by atoms with van der Waals surface area (Å²) in [5.74, 6) is 1.45. The van der Waals surface area contributed by atoms with Gasteiger partial charge >= 0.3 is 0 Å². The molecule has 5 heteroatoms. The third-order valence-electron chi connectivity index (χ3n) is 3.51. The van der Waals surface area contributed by atoms with Gasteiger partial charge in [-0.15, -0.1) is 12.4 Å². The number of piperidine rings is 1. The molecule has 1 unspecified atom stereocenters. The molecule has 3 nitrogen and oxygen atoms in total. The number of rotatable bonds is 2. The Bertz CT molecular complexity index is 247. The van der Waals surface area contributed by atoms with Gasteiger partial charge in [0.2, 0.25) is 5.91 Å². The lowest BCUT2D eigenvalue weighted by Gasteiger charge is -2.35. The number of thioether (sulfide) groups is 1. The fourth-order valence-electron chi connectivity index (χ4n) is 2.45. The van der Waals surface area contributed by atoms with Crippen LogP contribution in [0.1, 0.15) is 32.6 Å². The molecule has 2 aliphatic heterocycles. The van der Waals surface area contributed by atoms with Gasteiger partial charge in [0.05, 0.1) is 6.04 Å². The van der Waals surface area contributed by atoms with Gasteiger partial charge in [0, 0.05) is 24.1 Å². The lowest BCUT2D eigenvalue weighted by atomic mass is 10.0. The smallest absolute Gasteiger partial charge is 0.239 e. The minimum absolute atomic E-state index is 0. The Morgan fingerprint density at radius 2 is 2.29 bits per heavy atom. The van der Waals surface area contributed by atoms with E-state index in [9.17, 15) is 4.79 Å². The van der Waals surface area contributed by atoms with Gasteiger partial charge in [0.25, 0.3) is 0 Å². The lowest BCUT2D eigenvalue weighted by molar-refractivity contribution is -0.133. The van der Waals surface area contributed by atoms with Gasteiger partial charge in [0.15, 0.2) is 0 Å². The summed E-state index contributed by atoms with van der Waals surface area (Å²) in [7, 11) is 0. The summed E-state index contributed by atoms with van der Waals surface area (Å²) in [6.45, 7) is 5.12. The average molecular weight is 279 g/mol. The molecule has 0 aromatic heterocycles. The van der Waals surface area contributed by atoms with E-state index >= 15 is 0 Å². The van der Waals surface area contributed by atoms with Crippen LogP contribution >= 0.6 is 24.2 Å². The number of halogens is 1. The molecule has 0 radical (unpaired) electrons. The van der Waals surface area contributed by atoms with Gasteiger partial charge in [-0.3, -0.25) is 4.79 Å². The van der Waals surface area contributed by atoms with Crippen LogP contribution in [-0.2, 0) is 4.79 Å². The van der Waals surface area contributed by atoms with Gasteiger partial charge in [-0.25, -0.2) is 0 Å². The van der Waals surface area contributed by atoms with E-state index in [1.165, 1.54) is 19.3 Å². The molecule has 17 heavy (non-hydrogen) atoms. The standard InChI is InChI=1S/C12H22N2OS.ClH/c1-2-10-9-14(7-8-16-10)12(15)11-5-3-4-6-13-11;/h10-11,13H,2-9H2,1H3;1H/t10?,11-;/m0./s1. The van der Waals surface area contributed by atoms with Crippen LogP contribution in [0.5, 0.6) is 0 Å². The van der Waals surface area contributed by atoms with Crippen molar-refractivity contribution in [2.24, 2.45) is 0 Å². The van der Waals surface area contributed by atoms with E-state index in [4.69, 9.17) is 0 Å². The van der Waals surface area contributed by atoms with Crippen LogP contribution in [0.3, 0.4) is 0 Å². The summed E-state index contributed by atoms with van der Waals surface area (Å²) < 4.78 is 0. The lowest BCUT2D eigenvalue weighted by Crippen LogP contribution is -2.52. The van der Waals surface area contributed by atoms with Crippen molar-refractivity contribution in [2.45, 2.75) is 43.9 Å². The SMILES string of the molecule is CCC1CN(C(=O)[C@@H]2CCCCN2)CCS1.Cl. The van der Waals surface area contributed by atoms with E-state index in [-0.39, 0.29) is 18.4 Å². The number of nitrogens with zero attached hydrogens (tertiary/aromatic N) is 1. The van der Waals surface area contributed by atoms with Crippen LogP contribution in [0.15, 0.2) is 0 Å². The third kappa shape index (κ3) is 4.04. The molecule has 0 aromatic rings. The van der Waals surface area contributed by atoms with Crippen molar-refractivity contribution in [1.29, 1.82) is 0 Å². The van der Waals surface area contributed by atoms with Crippen molar-refractivity contribution in [3.8, 4) is 0 Å². The Hall–Kier alpha value is 0.0700. The first kappa shape index (κ1) is 15.1. The molecule has 0 saturated carbocycles. The normalized spacial score (nSPS) is 29.6. The summed E-state index contributed by atoms with van der Waals surface area (Å²) in [5, 5.41) is 4.00. The Kier molecular flexibility index (Phi) is 6.67. The van der Waals surface area contributed by atoms with Gasteiger partial charge in [0.1, 0.15) is 0 Å². The summed E-state index contributed by atoms with van der Waals surface area (Å²) in [6.07, 6.45) is 4.62. The molecule has 2 fully saturated rings. The third-order valence-corrected chi connectivity index (χ3v) is 4.89. The minimum Gasteiger partial charge on any atom is -0.339 e. The topological polar surface area (TPSA) is 32.3 Å².